The van der Waals surface area contributed by atoms with Crippen LogP contribution in [0.25, 0.3) is 0 Å². The summed E-state index contributed by atoms with van der Waals surface area (Å²) in [6, 6.07) is 20.4. The Bertz CT molecular complexity index is 1280. The van der Waals surface area contributed by atoms with Crippen LogP contribution >= 0.6 is 0 Å². The van der Waals surface area contributed by atoms with Crippen LogP contribution in [0.15, 0.2) is 60.8 Å². The zero-order chi connectivity index (χ0) is 24.4. The van der Waals surface area contributed by atoms with Crippen molar-refractivity contribution in [3.05, 3.63) is 94.3 Å². The van der Waals surface area contributed by atoms with Crippen molar-refractivity contribution in [1.82, 2.24) is 10.3 Å². The maximum Gasteiger partial charge on any atom is 0.251 e. The first-order valence-electron chi connectivity index (χ1n) is 12.0. The summed E-state index contributed by atoms with van der Waals surface area (Å²) in [5.74, 6) is 1.78. The molecule has 0 saturated heterocycles. The molecule has 3 aromatic rings. The summed E-state index contributed by atoms with van der Waals surface area (Å²) in [5.41, 5.74) is 5.10. The highest BCUT2D eigenvalue weighted by Crippen LogP contribution is 2.47. The van der Waals surface area contributed by atoms with Crippen LogP contribution in [-0.2, 0) is 23.3 Å². The van der Waals surface area contributed by atoms with E-state index in [2.05, 4.69) is 40.6 Å². The normalized spacial score (nSPS) is 22.9. The second-order valence-electron chi connectivity index (χ2n) is 9.71. The van der Waals surface area contributed by atoms with E-state index in [0.717, 1.165) is 35.4 Å². The van der Waals surface area contributed by atoms with Crippen molar-refractivity contribution in [3.8, 4) is 11.8 Å². The second kappa shape index (κ2) is 9.52. The fourth-order valence-corrected chi connectivity index (χ4v) is 5.05. The van der Waals surface area contributed by atoms with Gasteiger partial charge in [-0.1, -0.05) is 18.2 Å². The Balaban J connectivity index is 1.20. The number of nitriles is 1. The highest BCUT2D eigenvalue weighted by atomic mass is 16.5. The standard InChI is InChI=1S/C29H29N3O3/c1-29(17-30)18-35-16-22-4-3-21(14-27(22)29)28(33)32-15-25-13-20(9-10-31-25)24-11-23(12-24)19-5-7-26(34-2)8-6-19/h3-10,13-14,23-24H,11-12,15-16,18H2,1-2H3,(H,32,33)/t23-,24+,29-/m1/s1. The number of carbonyl (C=O) groups excluding carboxylic acids is 1. The number of hydrogen-bond donors (Lipinski definition) is 1. The lowest BCUT2D eigenvalue weighted by atomic mass is 9.68. The van der Waals surface area contributed by atoms with Crippen LogP contribution in [0.2, 0.25) is 0 Å². The molecule has 2 aromatic carbocycles. The first kappa shape index (κ1) is 23.1. The Morgan fingerprint density at radius 2 is 1.91 bits per heavy atom. The zero-order valence-corrected chi connectivity index (χ0v) is 20.1. The van der Waals surface area contributed by atoms with Crippen LogP contribution in [0, 0.1) is 11.3 Å². The monoisotopic (exact) mass is 467 g/mol. The number of nitrogens with one attached hydrogen (secondary N) is 1. The number of fused-ring (bicyclic) bond motifs is 1. The summed E-state index contributed by atoms with van der Waals surface area (Å²) in [5, 5.41) is 12.6. The number of nitrogens with zero attached hydrogens (tertiary/aromatic N) is 2. The van der Waals surface area contributed by atoms with Crippen molar-refractivity contribution in [2.75, 3.05) is 13.7 Å². The Morgan fingerprint density at radius 1 is 1.14 bits per heavy atom. The van der Waals surface area contributed by atoms with E-state index < -0.39 is 5.41 Å². The van der Waals surface area contributed by atoms with Crippen molar-refractivity contribution >= 4 is 5.91 Å². The van der Waals surface area contributed by atoms with Crippen LogP contribution in [0.1, 0.15) is 69.9 Å². The van der Waals surface area contributed by atoms with E-state index in [-0.39, 0.29) is 5.91 Å². The minimum atomic E-state index is -0.744. The summed E-state index contributed by atoms with van der Waals surface area (Å²) >= 11 is 0. The van der Waals surface area contributed by atoms with E-state index >= 15 is 0 Å². The van der Waals surface area contributed by atoms with Crippen LogP contribution in [-0.4, -0.2) is 24.6 Å². The van der Waals surface area contributed by atoms with Crippen molar-refractivity contribution in [2.45, 2.75) is 50.2 Å². The van der Waals surface area contributed by atoms with Gasteiger partial charge in [0.15, 0.2) is 0 Å². The Hall–Kier alpha value is -3.69. The van der Waals surface area contributed by atoms with Gasteiger partial charge in [0, 0.05) is 11.8 Å². The first-order chi connectivity index (χ1) is 17.0. The summed E-state index contributed by atoms with van der Waals surface area (Å²) in [7, 11) is 1.68. The Labute approximate surface area is 205 Å². The predicted molar refractivity (Wildman–Crippen MR) is 132 cm³/mol. The molecule has 6 nitrogen and oxygen atoms in total. The average Bonchev–Trinajstić information content (AvgIpc) is 2.87. The molecule has 1 fully saturated rings. The number of benzene rings is 2. The number of amides is 1. The minimum Gasteiger partial charge on any atom is -0.497 e. The molecule has 0 unspecified atom stereocenters. The van der Waals surface area contributed by atoms with Gasteiger partial charge in [-0.25, -0.2) is 0 Å². The largest absolute Gasteiger partial charge is 0.497 e. The van der Waals surface area contributed by atoms with Crippen LogP contribution in [0.5, 0.6) is 5.75 Å². The van der Waals surface area contributed by atoms with Crippen molar-refractivity contribution < 1.29 is 14.3 Å². The molecule has 1 N–H and O–H groups in total. The lowest BCUT2D eigenvalue weighted by molar-refractivity contribution is 0.0757. The molecular formula is C29H29N3O3. The molecule has 2 heterocycles. The molecule has 2 aliphatic rings. The van der Waals surface area contributed by atoms with Gasteiger partial charge in [0.1, 0.15) is 11.2 Å². The summed E-state index contributed by atoms with van der Waals surface area (Å²) in [4.78, 5) is 17.3. The first-order valence-corrected chi connectivity index (χ1v) is 12.0. The Morgan fingerprint density at radius 3 is 2.66 bits per heavy atom. The van der Waals surface area contributed by atoms with Gasteiger partial charge in [0.2, 0.25) is 0 Å². The third-order valence-electron chi connectivity index (χ3n) is 7.33. The number of aromatic nitrogens is 1. The number of rotatable bonds is 6. The molecule has 35 heavy (non-hydrogen) atoms. The van der Waals surface area contributed by atoms with E-state index in [1.165, 1.54) is 11.1 Å². The average molecular weight is 468 g/mol. The lowest BCUT2D eigenvalue weighted by Crippen LogP contribution is -2.33. The smallest absolute Gasteiger partial charge is 0.251 e. The Kier molecular flexibility index (Phi) is 6.27. The molecule has 1 aliphatic heterocycles. The van der Waals surface area contributed by atoms with E-state index in [0.29, 0.717) is 37.2 Å². The highest BCUT2D eigenvalue weighted by Gasteiger charge is 2.34. The molecule has 0 radical (unpaired) electrons. The van der Waals surface area contributed by atoms with Gasteiger partial charge in [-0.3, -0.25) is 9.78 Å². The van der Waals surface area contributed by atoms with E-state index in [1.54, 1.807) is 13.2 Å². The fourth-order valence-electron chi connectivity index (χ4n) is 5.05. The van der Waals surface area contributed by atoms with E-state index in [4.69, 9.17) is 9.47 Å². The van der Waals surface area contributed by atoms with Crippen LogP contribution < -0.4 is 10.1 Å². The van der Waals surface area contributed by atoms with Gasteiger partial charge in [0.25, 0.3) is 5.91 Å². The highest BCUT2D eigenvalue weighted by molar-refractivity contribution is 5.94. The van der Waals surface area contributed by atoms with E-state index in [1.807, 2.05) is 37.4 Å². The molecule has 1 atom stereocenters. The van der Waals surface area contributed by atoms with Gasteiger partial charge in [-0.2, -0.15) is 5.26 Å². The zero-order valence-electron chi connectivity index (χ0n) is 20.1. The van der Waals surface area contributed by atoms with Crippen molar-refractivity contribution in [3.63, 3.8) is 0 Å². The second-order valence-corrected chi connectivity index (χ2v) is 9.71. The van der Waals surface area contributed by atoms with Crippen LogP contribution in [0.3, 0.4) is 0 Å². The molecule has 1 saturated carbocycles. The molecule has 1 aromatic heterocycles. The van der Waals surface area contributed by atoms with E-state index in [9.17, 15) is 10.1 Å². The maximum absolute atomic E-state index is 12.9. The lowest BCUT2D eigenvalue weighted by Gasteiger charge is -2.36. The summed E-state index contributed by atoms with van der Waals surface area (Å²) in [6.45, 7) is 3.00. The molecule has 6 heteroatoms. The van der Waals surface area contributed by atoms with Gasteiger partial charge in [-0.15, -0.1) is 0 Å². The molecule has 0 spiro atoms. The predicted octanol–water partition coefficient (Wildman–Crippen LogP) is 4.99. The molecule has 5 rings (SSSR count). The number of ether oxygens (including phenoxy) is 2. The van der Waals surface area contributed by atoms with Crippen LogP contribution in [0.4, 0.5) is 0 Å². The summed E-state index contributed by atoms with van der Waals surface area (Å²) in [6.07, 6.45) is 4.05. The third kappa shape index (κ3) is 4.65. The third-order valence-corrected chi connectivity index (χ3v) is 7.33. The van der Waals surface area contributed by atoms with Gasteiger partial charge >= 0.3 is 0 Å². The number of pyridine rings is 1. The maximum atomic E-state index is 12.9. The summed E-state index contributed by atoms with van der Waals surface area (Å²) < 4.78 is 10.8. The number of hydrogen-bond acceptors (Lipinski definition) is 5. The van der Waals surface area contributed by atoms with Gasteiger partial charge in [-0.05, 0) is 90.3 Å². The van der Waals surface area contributed by atoms with Gasteiger partial charge < -0.3 is 14.8 Å². The molecule has 1 amide bonds. The molecule has 1 aliphatic carbocycles. The van der Waals surface area contributed by atoms with Crippen molar-refractivity contribution in [1.29, 1.82) is 5.26 Å². The SMILES string of the molecule is COc1ccc([C@H]2C[C@@H](c3ccnc(CNC(=O)c4ccc5c(c4)[C@](C)(C#N)COC5)c3)C2)cc1. The molecular weight excluding hydrogens is 438 g/mol. The van der Waals surface area contributed by atoms with Crippen molar-refractivity contribution in [2.24, 2.45) is 0 Å². The number of carbonyl (C=O) groups is 1. The fraction of sp³-hybridized carbons (Fsp3) is 0.345. The minimum absolute atomic E-state index is 0.171. The topological polar surface area (TPSA) is 84.2 Å². The van der Waals surface area contributed by atoms with Gasteiger partial charge in [0.05, 0.1) is 38.6 Å². The molecule has 178 valence electrons. The molecule has 0 bridgehead atoms. The quantitative estimate of drug-likeness (QED) is 0.552. The number of methoxy groups -OCH3 is 1.